The molecule has 1 aromatic carbocycles. The minimum Gasteiger partial charge on any atom is -0.397 e. The fraction of sp³-hybridized carbons (Fsp3) is 0.312. The van der Waals surface area contributed by atoms with Crippen molar-refractivity contribution in [2.24, 2.45) is 0 Å². The van der Waals surface area contributed by atoms with Gasteiger partial charge in [-0.15, -0.1) is 0 Å². The number of nitrogens with zero attached hydrogens (tertiary/aromatic N) is 1. The SMILES string of the molecule is CC(C)(CCc1ccccc1)Nc1ccc(N)cn1. The maximum atomic E-state index is 5.63. The first kappa shape index (κ1) is 13.4. The van der Waals surface area contributed by atoms with Crippen LogP contribution in [0.4, 0.5) is 11.5 Å². The molecule has 0 aliphatic heterocycles. The van der Waals surface area contributed by atoms with Crippen molar-refractivity contribution in [1.82, 2.24) is 4.98 Å². The molecule has 2 rings (SSSR count). The van der Waals surface area contributed by atoms with Crippen LogP contribution in [0, 0.1) is 0 Å². The second-order valence-corrected chi connectivity index (χ2v) is 5.47. The molecule has 0 atom stereocenters. The van der Waals surface area contributed by atoms with Crippen LogP contribution in [0.1, 0.15) is 25.8 Å². The van der Waals surface area contributed by atoms with Gasteiger partial charge in [0.1, 0.15) is 5.82 Å². The summed E-state index contributed by atoms with van der Waals surface area (Å²) >= 11 is 0. The summed E-state index contributed by atoms with van der Waals surface area (Å²) in [6.07, 6.45) is 3.77. The fourth-order valence-electron chi connectivity index (χ4n) is 1.99. The summed E-state index contributed by atoms with van der Waals surface area (Å²) < 4.78 is 0. The minimum atomic E-state index is -0.00104. The Morgan fingerprint density at radius 3 is 2.47 bits per heavy atom. The van der Waals surface area contributed by atoms with Gasteiger partial charge in [0, 0.05) is 5.54 Å². The van der Waals surface area contributed by atoms with Crippen LogP contribution in [0.5, 0.6) is 0 Å². The van der Waals surface area contributed by atoms with Crippen LogP contribution < -0.4 is 11.1 Å². The van der Waals surface area contributed by atoms with E-state index in [9.17, 15) is 0 Å². The largest absolute Gasteiger partial charge is 0.397 e. The average Bonchev–Trinajstić information content (AvgIpc) is 2.40. The molecule has 19 heavy (non-hydrogen) atoms. The van der Waals surface area contributed by atoms with Gasteiger partial charge in [-0.1, -0.05) is 30.3 Å². The topological polar surface area (TPSA) is 50.9 Å². The van der Waals surface area contributed by atoms with Gasteiger partial charge in [-0.3, -0.25) is 0 Å². The van der Waals surface area contributed by atoms with Crippen LogP contribution in [-0.4, -0.2) is 10.5 Å². The Bertz CT molecular complexity index is 503. The maximum absolute atomic E-state index is 5.63. The molecule has 1 aromatic heterocycles. The molecule has 3 heteroatoms. The molecule has 0 aliphatic carbocycles. The molecular weight excluding hydrogens is 234 g/mol. The van der Waals surface area contributed by atoms with Crippen LogP contribution in [0.25, 0.3) is 0 Å². The van der Waals surface area contributed by atoms with Crippen molar-refractivity contribution in [1.29, 1.82) is 0 Å². The van der Waals surface area contributed by atoms with Crippen LogP contribution in [0.15, 0.2) is 48.7 Å². The summed E-state index contributed by atoms with van der Waals surface area (Å²) in [4.78, 5) is 4.28. The smallest absolute Gasteiger partial charge is 0.126 e. The highest BCUT2D eigenvalue weighted by molar-refractivity contribution is 5.45. The standard InChI is InChI=1S/C16H21N3/c1-16(2,11-10-13-6-4-3-5-7-13)19-15-9-8-14(17)12-18-15/h3-9,12H,10-11,17H2,1-2H3,(H,18,19). The molecule has 0 bridgehead atoms. The zero-order valence-electron chi connectivity index (χ0n) is 11.6. The van der Waals surface area contributed by atoms with E-state index in [0.29, 0.717) is 5.69 Å². The zero-order chi connectivity index (χ0) is 13.7. The van der Waals surface area contributed by atoms with Gasteiger partial charge in [-0.05, 0) is 44.4 Å². The van der Waals surface area contributed by atoms with Crippen molar-refractivity contribution in [2.75, 3.05) is 11.1 Å². The van der Waals surface area contributed by atoms with E-state index in [2.05, 4.69) is 48.4 Å². The summed E-state index contributed by atoms with van der Waals surface area (Å²) in [6.45, 7) is 4.38. The van der Waals surface area contributed by atoms with Crippen molar-refractivity contribution in [3.8, 4) is 0 Å². The molecule has 0 unspecified atom stereocenters. The second kappa shape index (κ2) is 5.74. The quantitative estimate of drug-likeness (QED) is 0.860. The van der Waals surface area contributed by atoms with E-state index in [1.54, 1.807) is 6.20 Å². The first-order valence-electron chi connectivity index (χ1n) is 6.59. The van der Waals surface area contributed by atoms with Crippen molar-refractivity contribution < 1.29 is 0 Å². The normalized spacial score (nSPS) is 11.3. The monoisotopic (exact) mass is 255 g/mol. The number of nitrogens with two attached hydrogens (primary N) is 1. The molecule has 1 heterocycles. The van der Waals surface area contributed by atoms with Gasteiger partial charge in [-0.25, -0.2) is 4.98 Å². The summed E-state index contributed by atoms with van der Waals surface area (Å²) in [5.74, 6) is 0.868. The van der Waals surface area contributed by atoms with E-state index >= 15 is 0 Å². The lowest BCUT2D eigenvalue weighted by Gasteiger charge is -2.27. The number of rotatable bonds is 5. The van der Waals surface area contributed by atoms with Crippen molar-refractivity contribution in [3.05, 3.63) is 54.2 Å². The van der Waals surface area contributed by atoms with E-state index in [4.69, 9.17) is 5.73 Å². The number of pyridine rings is 1. The van der Waals surface area contributed by atoms with Crippen LogP contribution in [0.2, 0.25) is 0 Å². The molecule has 0 saturated heterocycles. The van der Waals surface area contributed by atoms with E-state index < -0.39 is 0 Å². The number of anilines is 2. The van der Waals surface area contributed by atoms with Gasteiger partial charge in [0.25, 0.3) is 0 Å². The maximum Gasteiger partial charge on any atom is 0.126 e. The third-order valence-electron chi connectivity index (χ3n) is 3.13. The highest BCUT2D eigenvalue weighted by Crippen LogP contribution is 2.19. The molecule has 0 spiro atoms. The number of hydrogen-bond donors (Lipinski definition) is 2. The van der Waals surface area contributed by atoms with Gasteiger partial charge >= 0.3 is 0 Å². The Kier molecular flexibility index (Phi) is 4.05. The third kappa shape index (κ3) is 4.28. The van der Waals surface area contributed by atoms with Gasteiger partial charge in [0.2, 0.25) is 0 Å². The number of hydrogen-bond acceptors (Lipinski definition) is 3. The van der Waals surface area contributed by atoms with E-state index in [0.717, 1.165) is 18.7 Å². The van der Waals surface area contributed by atoms with E-state index in [1.165, 1.54) is 5.56 Å². The molecule has 0 fully saturated rings. The number of benzene rings is 1. The predicted molar refractivity (Wildman–Crippen MR) is 81.1 cm³/mol. The number of aryl methyl sites for hydroxylation is 1. The van der Waals surface area contributed by atoms with Crippen molar-refractivity contribution >= 4 is 11.5 Å². The fourth-order valence-corrected chi connectivity index (χ4v) is 1.99. The summed E-state index contributed by atoms with van der Waals surface area (Å²) in [6, 6.07) is 14.3. The number of nitrogen functional groups attached to an aromatic ring is 1. The summed E-state index contributed by atoms with van der Waals surface area (Å²) in [5, 5.41) is 3.45. The van der Waals surface area contributed by atoms with Gasteiger partial charge in [-0.2, -0.15) is 0 Å². The highest BCUT2D eigenvalue weighted by Gasteiger charge is 2.17. The van der Waals surface area contributed by atoms with Gasteiger partial charge in [0.05, 0.1) is 11.9 Å². The molecule has 0 saturated carbocycles. The van der Waals surface area contributed by atoms with Crippen molar-refractivity contribution in [2.45, 2.75) is 32.2 Å². The summed E-state index contributed by atoms with van der Waals surface area (Å²) in [7, 11) is 0. The molecule has 3 nitrogen and oxygen atoms in total. The Morgan fingerprint density at radius 2 is 1.84 bits per heavy atom. The van der Waals surface area contributed by atoms with Crippen LogP contribution >= 0.6 is 0 Å². The Labute approximate surface area is 114 Å². The lowest BCUT2D eigenvalue weighted by atomic mass is 9.95. The number of nitrogens with one attached hydrogen (secondary N) is 1. The molecule has 100 valence electrons. The van der Waals surface area contributed by atoms with Crippen LogP contribution in [-0.2, 0) is 6.42 Å². The van der Waals surface area contributed by atoms with Crippen molar-refractivity contribution in [3.63, 3.8) is 0 Å². The Balaban J connectivity index is 1.93. The third-order valence-corrected chi connectivity index (χ3v) is 3.13. The first-order valence-corrected chi connectivity index (χ1v) is 6.59. The van der Waals surface area contributed by atoms with Gasteiger partial charge < -0.3 is 11.1 Å². The molecular formula is C16H21N3. The van der Waals surface area contributed by atoms with Crippen LogP contribution in [0.3, 0.4) is 0 Å². The van der Waals surface area contributed by atoms with E-state index in [1.807, 2.05) is 18.2 Å². The highest BCUT2D eigenvalue weighted by atomic mass is 15.0. The van der Waals surface area contributed by atoms with Gasteiger partial charge in [0.15, 0.2) is 0 Å². The molecule has 2 aromatic rings. The molecule has 0 amide bonds. The molecule has 3 N–H and O–H groups in total. The zero-order valence-corrected chi connectivity index (χ0v) is 11.6. The summed E-state index contributed by atoms with van der Waals surface area (Å²) in [5.41, 5.74) is 7.68. The molecule has 0 aliphatic rings. The lowest BCUT2D eigenvalue weighted by molar-refractivity contribution is 0.516. The lowest BCUT2D eigenvalue weighted by Crippen LogP contribution is -2.31. The number of aromatic nitrogens is 1. The predicted octanol–water partition coefficient (Wildman–Crippen LogP) is 3.49. The Morgan fingerprint density at radius 1 is 1.11 bits per heavy atom. The van der Waals surface area contributed by atoms with E-state index in [-0.39, 0.29) is 5.54 Å². The average molecular weight is 255 g/mol. The second-order valence-electron chi connectivity index (χ2n) is 5.47. The Hall–Kier alpha value is -2.03. The molecule has 0 radical (unpaired) electrons. The first-order chi connectivity index (χ1) is 9.05. The minimum absolute atomic E-state index is 0.00104.